The van der Waals surface area contributed by atoms with Crippen LogP contribution in [0.15, 0.2) is 54.6 Å². The zero-order chi connectivity index (χ0) is 19.1. The number of carboxylic acid groups (broad SMARTS) is 1. The number of carbonyl (C=O) groups excluding carboxylic acids is 1. The highest BCUT2D eigenvalue weighted by molar-refractivity contribution is 5.84. The van der Waals surface area contributed by atoms with E-state index in [9.17, 15) is 9.59 Å². The van der Waals surface area contributed by atoms with Gasteiger partial charge in [0.05, 0.1) is 6.54 Å². The summed E-state index contributed by atoms with van der Waals surface area (Å²) in [7, 11) is 0. The fourth-order valence-electron chi connectivity index (χ4n) is 2.99. The number of piperazine rings is 1. The normalized spacial score (nSPS) is 14.6. The average molecular weight is 369 g/mol. The number of hydrogen-bond donors (Lipinski definition) is 2. The van der Waals surface area contributed by atoms with Gasteiger partial charge in [0.1, 0.15) is 6.61 Å². The molecule has 7 nitrogen and oxygen atoms in total. The molecule has 3 rings (SSSR count). The summed E-state index contributed by atoms with van der Waals surface area (Å²) >= 11 is 0. The number of aliphatic carboxylic acids is 1. The van der Waals surface area contributed by atoms with Crippen LogP contribution in [0, 0.1) is 0 Å². The van der Waals surface area contributed by atoms with Crippen LogP contribution in [-0.2, 0) is 16.1 Å². The fourth-order valence-corrected chi connectivity index (χ4v) is 2.99. The predicted molar refractivity (Wildman–Crippen MR) is 103 cm³/mol. The quantitative estimate of drug-likeness (QED) is 0.815. The molecule has 2 aromatic rings. The van der Waals surface area contributed by atoms with Gasteiger partial charge in [0.2, 0.25) is 0 Å². The highest BCUT2D eigenvalue weighted by Crippen LogP contribution is 2.19. The summed E-state index contributed by atoms with van der Waals surface area (Å²) in [6.45, 7) is 3.31. The van der Waals surface area contributed by atoms with Gasteiger partial charge in [-0.05, 0) is 29.8 Å². The monoisotopic (exact) mass is 369 g/mol. The Kier molecular flexibility index (Phi) is 6.27. The minimum absolute atomic E-state index is 0.0851. The Balaban J connectivity index is 1.46. The van der Waals surface area contributed by atoms with Gasteiger partial charge >= 0.3 is 12.1 Å². The Bertz CT molecular complexity index is 757. The Morgan fingerprint density at radius 2 is 1.63 bits per heavy atom. The van der Waals surface area contributed by atoms with Gasteiger partial charge in [-0.1, -0.05) is 30.3 Å². The van der Waals surface area contributed by atoms with Crippen LogP contribution in [0.5, 0.6) is 0 Å². The molecule has 0 atom stereocenters. The lowest BCUT2D eigenvalue weighted by molar-refractivity contribution is -0.138. The van der Waals surface area contributed by atoms with Crippen LogP contribution in [0.4, 0.5) is 16.2 Å². The molecular formula is C20H23N3O4. The van der Waals surface area contributed by atoms with E-state index in [1.807, 2.05) is 59.5 Å². The second-order valence-corrected chi connectivity index (χ2v) is 6.39. The molecule has 1 aliphatic heterocycles. The molecule has 142 valence electrons. The Hall–Kier alpha value is -3.06. The predicted octanol–water partition coefficient (Wildman–Crippen LogP) is 2.64. The van der Waals surface area contributed by atoms with Gasteiger partial charge in [-0.3, -0.25) is 15.0 Å². The zero-order valence-corrected chi connectivity index (χ0v) is 15.0. The third kappa shape index (κ3) is 5.72. The molecule has 1 fully saturated rings. The van der Waals surface area contributed by atoms with E-state index in [0.717, 1.165) is 37.4 Å². The molecular weight excluding hydrogens is 346 g/mol. The number of hydrogen-bond acceptors (Lipinski definition) is 5. The van der Waals surface area contributed by atoms with Gasteiger partial charge in [0.25, 0.3) is 0 Å². The zero-order valence-electron chi connectivity index (χ0n) is 15.0. The number of nitrogens with one attached hydrogen (secondary N) is 1. The maximum absolute atomic E-state index is 11.9. The van der Waals surface area contributed by atoms with Crippen molar-refractivity contribution in [2.45, 2.75) is 6.61 Å². The molecule has 0 aliphatic carbocycles. The highest BCUT2D eigenvalue weighted by atomic mass is 16.5. The lowest BCUT2D eigenvalue weighted by atomic mass is 10.2. The van der Waals surface area contributed by atoms with Crippen LogP contribution >= 0.6 is 0 Å². The molecule has 1 amide bonds. The van der Waals surface area contributed by atoms with Gasteiger partial charge in [-0.25, -0.2) is 4.79 Å². The van der Waals surface area contributed by atoms with Crippen LogP contribution in [0.3, 0.4) is 0 Å². The first-order valence-electron chi connectivity index (χ1n) is 8.87. The summed E-state index contributed by atoms with van der Waals surface area (Å²) in [5, 5.41) is 11.6. The van der Waals surface area contributed by atoms with Crippen LogP contribution in [0.2, 0.25) is 0 Å². The summed E-state index contributed by atoms with van der Waals surface area (Å²) < 4.78 is 5.21. The lowest BCUT2D eigenvalue weighted by Crippen LogP contribution is -2.47. The van der Waals surface area contributed by atoms with Crippen molar-refractivity contribution in [3.63, 3.8) is 0 Å². The molecule has 2 N–H and O–H groups in total. The smallest absolute Gasteiger partial charge is 0.411 e. The van der Waals surface area contributed by atoms with Crippen LogP contribution in [0.1, 0.15) is 5.56 Å². The molecule has 0 spiro atoms. The summed E-state index contributed by atoms with van der Waals surface area (Å²) in [4.78, 5) is 26.8. The van der Waals surface area contributed by atoms with Crippen molar-refractivity contribution in [1.82, 2.24) is 4.90 Å². The van der Waals surface area contributed by atoms with Gasteiger partial charge in [0.15, 0.2) is 0 Å². The maximum atomic E-state index is 11.9. The van der Waals surface area contributed by atoms with Gasteiger partial charge in [0, 0.05) is 37.6 Å². The first-order valence-corrected chi connectivity index (χ1v) is 8.87. The topological polar surface area (TPSA) is 82.1 Å². The average Bonchev–Trinajstić information content (AvgIpc) is 2.68. The minimum atomic E-state index is -0.793. The third-order valence-corrected chi connectivity index (χ3v) is 4.42. The fraction of sp³-hybridized carbons (Fsp3) is 0.300. The van der Waals surface area contributed by atoms with Crippen molar-refractivity contribution in [2.75, 3.05) is 42.9 Å². The van der Waals surface area contributed by atoms with Crippen molar-refractivity contribution < 1.29 is 19.4 Å². The number of carbonyl (C=O) groups is 2. The summed E-state index contributed by atoms with van der Waals surface area (Å²) in [6, 6.07) is 17.1. The number of ether oxygens (including phenoxy) is 1. The van der Waals surface area contributed by atoms with E-state index in [-0.39, 0.29) is 13.2 Å². The van der Waals surface area contributed by atoms with Gasteiger partial charge in [-0.2, -0.15) is 0 Å². The van der Waals surface area contributed by atoms with E-state index >= 15 is 0 Å². The highest BCUT2D eigenvalue weighted by Gasteiger charge is 2.18. The second kappa shape index (κ2) is 9.05. The summed E-state index contributed by atoms with van der Waals surface area (Å²) in [5.41, 5.74) is 2.65. The number of benzene rings is 2. The van der Waals surface area contributed by atoms with E-state index in [0.29, 0.717) is 5.69 Å². The standard InChI is InChI=1S/C20H23N3O4/c24-19(25)14-22-10-12-23(13-11-22)18-8-6-17(7-9-18)21-20(26)27-15-16-4-2-1-3-5-16/h1-9H,10-15H2,(H,21,26)(H,24,25). The van der Waals surface area contributed by atoms with Crippen molar-refractivity contribution >= 4 is 23.4 Å². The van der Waals surface area contributed by atoms with Crippen molar-refractivity contribution in [3.05, 3.63) is 60.2 Å². The molecule has 0 saturated carbocycles. The first-order chi connectivity index (χ1) is 13.1. The van der Waals surface area contributed by atoms with E-state index in [2.05, 4.69) is 10.2 Å². The number of nitrogens with zero attached hydrogens (tertiary/aromatic N) is 2. The maximum Gasteiger partial charge on any atom is 0.411 e. The molecule has 0 unspecified atom stereocenters. The van der Waals surface area contributed by atoms with Gasteiger partial charge in [-0.15, -0.1) is 0 Å². The Morgan fingerprint density at radius 1 is 0.963 bits per heavy atom. The Morgan fingerprint density at radius 3 is 2.26 bits per heavy atom. The molecule has 1 saturated heterocycles. The molecule has 0 radical (unpaired) electrons. The molecule has 1 aliphatic rings. The first kappa shape index (κ1) is 18.7. The van der Waals surface area contributed by atoms with Crippen LogP contribution in [0.25, 0.3) is 0 Å². The van der Waals surface area contributed by atoms with Crippen molar-refractivity contribution in [3.8, 4) is 0 Å². The van der Waals surface area contributed by atoms with Crippen LogP contribution in [-0.4, -0.2) is 54.8 Å². The number of rotatable bonds is 6. The number of amides is 1. The van der Waals surface area contributed by atoms with Crippen molar-refractivity contribution in [1.29, 1.82) is 0 Å². The minimum Gasteiger partial charge on any atom is -0.480 e. The molecule has 7 heteroatoms. The molecule has 2 aromatic carbocycles. The van der Waals surface area contributed by atoms with E-state index in [4.69, 9.17) is 9.84 Å². The van der Waals surface area contributed by atoms with E-state index in [1.54, 1.807) is 0 Å². The summed E-state index contributed by atoms with van der Waals surface area (Å²) in [5.74, 6) is -0.793. The molecule has 27 heavy (non-hydrogen) atoms. The summed E-state index contributed by atoms with van der Waals surface area (Å²) in [6.07, 6.45) is -0.492. The molecule has 0 aromatic heterocycles. The SMILES string of the molecule is O=C(O)CN1CCN(c2ccc(NC(=O)OCc3ccccc3)cc2)CC1. The molecule has 0 bridgehead atoms. The Labute approximate surface area is 158 Å². The second-order valence-electron chi connectivity index (χ2n) is 6.39. The number of carboxylic acids is 1. The van der Waals surface area contributed by atoms with Crippen LogP contribution < -0.4 is 10.2 Å². The lowest BCUT2D eigenvalue weighted by Gasteiger charge is -2.35. The number of anilines is 2. The molecule has 1 heterocycles. The van der Waals surface area contributed by atoms with Crippen molar-refractivity contribution in [2.24, 2.45) is 0 Å². The van der Waals surface area contributed by atoms with E-state index < -0.39 is 12.1 Å². The largest absolute Gasteiger partial charge is 0.480 e. The third-order valence-electron chi connectivity index (χ3n) is 4.42. The van der Waals surface area contributed by atoms with Gasteiger partial charge < -0.3 is 14.7 Å². The van der Waals surface area contributed by atoms with E-state index in [1.165, 1.54) is 0 Å².